The first-order valence-corrected chi connectivity index (χ1v) is 7.56. The Labute approximate surface area is 127 Å². The number of benzene rings is 1. The molecule has 1 saturated heterocycles. The molecule has 0 saturated carbocycles. The summed E-state index contributed by atoms with van der Waals surface area (Å²) in [5.74, 6) is -0.133. The second-order valence-corrected chi connectivity index (χ2v) is 6.14. The predicted molar refractivity (Wildman–Crippen MR) is 82.7 cm³/mol. The van der Waals surface area contributed by atoms with E-state index in [0.29, 0.717) is 19.4 Å². The van der Waals surface area contributed by atoms with Crippen molar-refractivity contribution in [3.05, 3.63) is 28.2 Å². The van der Waals surface area contributed by atoms with Gasteiger partial charge in [0.1, 0.15) is 5.54 Å². The lowest BCUT2D eigenvalue weighted by Crippen LogP contribution is -2.54. The second kappa shape index (κ2) is 5.56. The van der Waals surface area contributed by atoms with Crippen LogP contribution in [0, 0.1) is 6.92 Å². The minimum atomic E-state index is -0.837. The SMILES string of the molecule is CCC1(C)NC(=O)CCN(c2cccc(C)c2Br)C1=O. The zero-order valence-electron chi connectivity index (χ0n) is 12.0. The molecule has 2 amide bonds. The third-order valence-electron chi connectivity index (χ3n) is 3.86. The van der Waals surface area contributed by atoms with E-state index in [1.807, 2.05) is 32.0 Å². The topological polar surface area (TPSA) is 49.4 Å². The molecule has 1 aromatic rings. The van der Waals surface area contributed by atoms with Crippen LogP contribution in [0.5, 0.6) is 0 Å². The van der Waals surface area contributed by atoms with E-state index in [2.05, 4.69) is 21.2 Å². The molecule has 2 rings (SSSR count). The zero-order chi connectivity index (χ0) is 14.9. The van der Waals surface area contributed by atoms with Gasteiger partial charge in [-0.2, -0.15) is 0 Å². The third kappa shape index (κ3) is 2.59. The first-order chi connectivity index (χ1) is 9.39. The summed E-state index contributed by atoms with van der Waals surface area (Å²) in [6, 6.07) is 5.81. The van der Waals surface area contributed by atoms with Gasteiger partial charge in [0.05, 0.1) is 5.69 Å². The van der Waals surface area contributed by atoms with Crippen molar-refractivity contribution in [1.82, 2.24) is 5.32 Å². The van der Waals surface area contributed by atoms with Gasteiger partial charge in [0.2, 0.25) is 5.91 Å². The molecule has 1 N–H and O–H groups in total. The molecule has 0 spiro atoms. The number of anilines is 1. The summed E-state index contributed by atoms with van der Waals surface area (Å²) >= 11 is 3.54. The molecule has 5 heteroatoms. The maximum absolute atomic E-state index is 12.8. The number of carbonyl (C=O) groups excluding carboxylic acids is 2. The molecule has 4 nitrogen and oxygen atoms in total. The Morgan fingerprint density at radius 1 is 1.40 bits per heavy atom. The van der Waals surface area contributed by atoms with E-state index in [9.17, 15) is 9.59 Å². The Morgan fingerprint density at radius 3 is 2.75 bits per heavy atom. The van der Waals surface area contributed by atoms with E-state index < -0.39 is 5.54 Å². The summed E-state index contributed by atoms with van der Waals surface area (Å²) in [6.07, 6.45) is 0.888. The normalized spacial score (nSPS) is 23.5. The fourth-order valence-corrected chi connectivity index (χ4v) is 2.82. The third-order valence-corrected chi connectivity index (χ3v) is 4.90. The van der Waals surface area contributed by atoms with Gasteiger partial charge < -0.3 is 10.2 Å². The second-order valence-electron chi connectivity index (χ2n) is 5.35. The first-order valence-electron chi connectivity index (χ1n) is 6.77. The summed E-state index contributed by atoms with van der Waals surface area (Å²) in [7, 11) is 0. The molecular weight excluding hydrogens is 320 g/mol. The van der Waals surface area contributed by atoms with Crippen LogP contribution in [-0.4, -0.2) is 23.9 Å². The van der Waals surface area contributed by atoms with E-state index in [1.165, 1.54) is 0 Å². The molecule has 0 aromatic heterocycles. The van der Waals surface area contributed by atoms with Crippen molar-refractivity contribution in [3.8, 4) is 0 Å². The molecule has 0 aliphatic carbocycles. The molecule has 1 aliphatic heterocycles. The fourth-order valence-electron chi connectivity index (χ4n) is 2.35. The fraction of sp³-hybridized carbons (Fsp3) is 0.467. The van der Waals surface area contributed by atoms with Gasteiger partial charge in [0.25, 0.3) is 5.91 Å². The molecule has 1 atom stereocenters. The van der Waals surface area contributed by atoms with Crippen molar-refractivity contribution in [2.24, 2.45) is 0 Å². The van der Waals surface area contributed by atoms with Gasteiger partial charge in [-0.25, -0.2) is 0 Å². The molecule has 1 heterocycles. The van der Waals surface area contributed by atoms with Gasteiger partial charge in [0.15, 0.2) is 0 Å². The van der Waals surface area contributed by atoms with Crippen LogP contribution >= 0.6 is 15.9 Å². The van der Waals surface area contributed by atoms with Crippen molar-refractivity contribution >= 4 is 33.4 Å². The Hall–Kier alpha value is -1.36. The number of nitrogens with one attached hydrogen (secondary N) is 1. The lowest BCUT2D eigenvalue weighted by atomic mass is 9.97. The highest BCUT2D eigenvalue weighted by molar-refractivity contribution is 9.10. The molecule has 1 aromatic carbocycles. The van der Waals surface area contributed by atoms with E-state index in [-0.39, 0.29) is 11.8 Å². The highest BCUT2D eigenvalue weighted by Crippen LogP contribution is 2.32. The monoisotopic (exact) mass is 338 g/mol. The number of halogens is 1. The van der Waals surface area contributed by atoms with E-state index >= 15 is 0 Å². The molecular formula is C15H19BrN2O2. The Bertz CT molecular complexity index is 559. The van der Waals surface area contributed by atoms with E-state index in [4.69, 9.17) is 0 Å². The van der Waals surface area contributed by atoms with Crippen LogP contribution in [0.1, 0.15) is 32.3 Å². The van der Waals surface area contributed by atoms with Crippen LogP contribution < -0.4 is 10.2 Å². The van der Waals surface area contributed by atoms with Gasteiger partial charge in [-0.05, 0) is 47.8 Å². The average molecular weight is 339 g/mol. The van der Waals surface area contributed by atoms with E-state index in [0.717, 1.165) is 15.7 Å². The standard InChI is InChI=1S/C15H19BrN2O2/c1-4-15(3)14(20)18(9-8-12(19)17-15)11-7-5-6-10(2)13(11)16/h5-7H,4,8-9H2,1-3H3,(H,17,19). The number of carbonyl (C=O) groups is 2. The van der Waals surface area contributed by atoms with Crippen molar-refractivity contribution < 1.29 is 9.59 Å². The summed E-state index contributed by atoms with van der Waals surface area (Å²) in [5.41, 5.74) is 1.06. The Balaban J connectivity index is 2.47. The van der Waals surface area contributed by atoms with Gasteiger partial charge in [-0.1, -0.05) is 19.1 Å². The maximum Gasteiger partial charge on any atom is 0.252 e. The van der Waals surface area contributed by atoms with Crippen molar-refractivity contribution in [3.63, 3.8) is 0 Å². The Morgan fingerprint density at radius 2 is 2.10 bits per heavy atom. The highest BCUT2D eigenvalue weighted by atomic mass is 79.9. The molecule has 0 radical (unpaired) electrons. The minimum Gasteiger partial charge on any atom is -0.342 e. The molecule has 20 heavy (non-hydrogen) atoms. The summed E-state index contributed by atoms with van der Waals surface area (Å²) in [6.45, 7) is 6.09. The van der Waals surface area contributed by atoms with Crippen LogP contribution in [0.3, 0.4) is 0 Å². The van der Waals surface area contributed by atoms with Crippen LogP contribution in [0.2, 0.25) is 0 Å². The summed E-state index contributed by atoms with van der Waals surface area (Å²) < 4.78 is 0.904. The lowest BCUT2D eigenvalue weighted by molar-refractivity contribution is -0.129. The summed E-state index contributed by atoms with van der Waals surface area (Å²) in [4.78, 5) is 26.3. The number of nitrogens with zero attached hydrogens (tertiary/aromatic N) is 1. The molecule has 108 valence electrons. The van der Waals surface area contributed by atoms with E-state index in [1.54, 1.807) is 11.8 Å². The lowest BCUT2D eigenvalue weighted by Gasteiger charge is -2.31. The first kappa shape index (κ1) is 15.0. The number of amides is 2. The van der Waals surface area contributed by atoms with Crippen LogP contribution in [0.25, 0.3) is 0 Å². The van der Waals surface area contributed by atoms with Crippen molar-refractivity contribution in [2.75, 3.05) is 11.4 Å². The van der Waals surface area contributed by atoms with Gasteiger partial charge >= 0.3 is 0 Å². The predicted octanol–water partition coefficient (Wildman–Crippen LogP) is 2.78. The largest absolute Gasteiger partial charge is 0.342 e. The van der Waals surface area contributed by atoms with Crippen LogP contribution in [0.4, 0.5) is 5.69 Å². The van der Waals surface area contributed by atoms with Gasteiger partial charge in [0, 0.05) is 17.4 Å². The number of hydrogen-bond donors (Lipinski definition) is 1. The van der Waals surface area contributed by atoms with Crippen LogP contribution in [0.15, 0.2) is 22.7 Å². The van der Waals surface area contributed by atoms with Gasteiger partial charge in [-0.3, -0.25) is 9.59 Å². The van der Waals surface area contributed by atoms with Crippen LogP contribution in [-0.2, 0) is 9.59 Å². The smallest absolute Gasteiger partial charge is 0.252 e. The number of rotatable bonds is 2. The van der Waals surface area contributed by atoms with Crippen molar-refractivity contribution in [2.45, 2.75) is 39.2 Å². The highest BCUT2D eigenvalue weighted by Gasteiger charge is 2.40. The molecule has 1 aliphatic rings. The summed E-state index contributed by atoms with van der Waals surface area (Å²) in [5, 5.41) is 2.84. The minimum absolute atomic E-state index is 0.0582. The van der Waals surface area contributed by atoms with Gasteiger partial charge in [-0.15, -0.1) is 0 Å². The average Bonchev–Trinajstić information content (AvgIpc) is 2.52. The molecule has 1 unspecified atom stereocenters. The maximum atomic E-state index is 12.8. The molecule has 1 fully saturated rings. The zero-order valence-corrected chi connectivity index (χ0v) is 13.6. The number of hydrogen-bond acceptors (Lipinski definition) is 2. The number of aryl methyl sites for hydroxylation is 1. The van der Waals surface area contributed by atoms with Crippen molar-refractivity contribution in [1.29, 1.82) is 0 Å². The quantitative estimate of drug-likeness (QED) is 0.901. The molecule has 0 bridgehead atoms. The Kier molecular flexibility index (Phi) is 4.18.